The van der Waals surface area contributed by atoms with Crippen molar-refractivity contribution in [2.75, 3.05) is 20.1 Å². The fourth-order valence-corrected chi connectivity index (χ4v) is 2.81. The van der Waals surface area contributed by atoms with E-state index < -0.39 is 11.9 Å². The summed E-state index contributed by atoms with van der Waals surface area (Å²) in [6, 6.07) is 0.366. The molecule has 0 spiro atoms. The Balaban J connectivity index is 0.000000379. The van der Waals surface area contributed by atoms with E-state index in [9.17, 15) is 9.90 Å². The van der Waals surface area contributed by atoms with E-state index in [0.29, 0.717) is 6.04 Å². The Morgan fingerprint density at radius 2 is 1.39 bits per heavy atom. The first-order valence-corrected chi connectivity index (χ1v) is 7.92. The van der Waals surface area contributed by atoms with Crippen LogP contribution in [0.2, 0.25) is 0 Å². The highest BCUT2D eigenvalue weighted by Gasteiger charge is 2.27. The average Bonchev–Trinajstić information content (AvgIpc) is 2.50. The first-order valence-electron chi connectivity index (χ1n) is 7.92. The summed E-state index contributed by atoms with van der Waals surface area (Å²) < 4.78 is 0. The first kappa shape index (κ1) is 19.4. The Labute approximate surface area is 135 Å². The van der Waals surface area contributed by atoms with Crippen LogP contribution in [0.15, 0.2) is 0 Å². The van der Waals surface area contributed by atoms with E-state index in [1.807, 2.05) is 0 Å². The van der Waals surface area contributed by atoms with Gasteiger partial charge < -0.3 is 25.5 Å². The van der Waals surface area contributed by atoms with Crippen molar-refractivity contribution in [2.45, 2.75) is 50.7 Å². The second-order valence-corrected chi connectivity index (χ2v) is 6.20. The van der Waals surface area contributed by atoms with Gasteiger partial charge in [0.1, 0.15) is 0 Å². The fraction of sp³-hybridized carbons (Fsp3) is 0.800. The lowest BCUT2D eigenvalue weighted by atomic mass is 9.86. The van der Waals surface area contributed by atoms with Gasteiger partial charge in [-0.1, -0.05) is 0 Å². The second kappa shape index (κ2) is 9.46. The minimum absolute atomic E-state index is 0.137. The molecule has 0 bridgehead atoms. The molecule has 8 heteroatoms. The largest absolute Gasteiger partial charge is 0.473 e. The molecule has 1 amide bonds. The Kier molecular flexibility index (Phi) is 7.97. The summed E-state index contributed by atoms with van der Waals surface area (Å²) >= 11 is 0. The van der Waals surface area contributed by atoms with Crippen LogP contribution in [0.5, 0.6) is 0 Å². The number of aliphatic hydroxyl groups excluding tert-OH is 1. The van der Waals surface area contributed by atoms with Crippen LogP contribution in [0, 0.1) is 5.92 Å². The molecule has 2 aliphatic rings. The molecule has 132 valence electrons. The number of hydrogen-bond donors (Lipinski definition) is 4. The molecule has 1 aliphatic carbocycles. The van der Waals surface area contributed by atoms with Crippen LogP contribution in [0.1, 0.15) is 38.5 Å². The molecule has 0 aromatic heterocycles. The van der Waals surface area contributed by atoms with Crippen molar-refractivity contribution in [1.29, 1.82) is 0 Å². The number of likely N-dealkylation sites (tertiary alicyclic amines) is 1. The van der Waals surface area contributed by atoms with Crippen LogP contribution < -0.4 is 5.32 Å². The number of nitrogens with one attached hydrogen (secondary N) is 1. The molecule has 4 N–H and O–H groups in total. The van der Waals surface area contributed by atoms with Crippen LogP contribution in [0.25, 0.3) is 0 Å². The Morgan fingerprint density at radius 1 is 0.913 bits per heavy atom. The fourth-order valence-electron chi connectivity index (χ4n) is 2.81. The molecule has 1 saturated heterocycles. The summed E-state index contributed by atoms with van der Waals surface area (Å²) in [5.74, 6) is -3.30. The summed E-state index contributed by atoms with van der Waals surface area (Å²) in [5, 5.41) is 27.4. The zero-order valence-corrected chi connectivity index (χ0v) is 13.4. The molecule has 8 nitrogen and oxygen atoms in total. The molecule has 1 aliphatic heterocycles. The molecule has 2 rings (SSSR count). The predicted molar refractivity (Wildman–Crippen MR) is 81.9 cm³/mol. The maximum Gasteiger partial charge on any atom is 0.414 e. The third-order valence-corrected chi connectivity index (χ3v) is 4.32. The number of nitrogens with zero attached hydrogens (tertiary/aromatic N) is 1. The Hall–Kier alpha value is -1.67. The number of amides is 1. The van der Waals surface area contributed by atoms with Gasteiger partial charge in [-0.15, -0.1) is 0 Å². The number of aliphatic carboxylic acids is 2. The Morgan fingerprint density at radius 3 is 1.83 bits per heavy atom. The normalized spacial score (nSPS) is 25.8. The van der Waals surface area contributed by atoms with Crippen molar-refractivity contribution in [3.05, 3.63) is 0 Å². The number of aliphatic hydroxyl groups is 1. The highest BCUT2D eigenvalue weighted by molar-refractivity contribution is 6.27. The van der Waals surface area contributed by atoms with Gasteiger partial charge in [0.05, 0.1) is 6.10 Å². The molecule has 0 aromatic rings. The van der Waals surface area contributed by atoms with E-state index in [0.717, 1.165) is 51.6 Å². The highest BCUT2D eigenvalue weighted by Crippen LogP contribution is 2.24. The molecule has 1 heterocycles. The van der Waals surface area contributed by atoms with Gasteiger partial charge in [0, 0.05) is 12.0 Å². The van der Waals surface area contributed by atoms with E-state index in [-0.39, 0.29) is 17.9 Å². The number of piperidine rings is 1. The molecule has 0 unspecified atom stereocenters. The maximum absolute atomic E-state index is 12.0. The molecule has 0 atom stereocenters. The average molecular weight is 330 g/mol. The van der Waals surface area contributed by atoms with Gasteiger partial charge in [-0.25, -0.2) is 9.59 Å². The van der Waals surface area contributed by atoms with E-state index in [4.69, 9.17) is 19.8 Å². The zero-order chi connectivity index (χ0) is 17.4. The van der Waals surface area contributed by atoms with Crippen LogP contribution in [-0.2, 0) is 14.4 Å². The topological polar surface area (TPSA) is 127 Å². The highest BCUT2D eigenvalue weighted by atomic mass is 16.4. The number of hydrogen-bond acceptors (Lipinski definition) is 5. The lowest BCUT2D eigenvalue weighted by molar-refractivity contribution is -0.159. The van der Waals surface area contributed by atoms with Crippen LogP contribution in [0.3, 0.4) is 0 Å². The van der Waals surface area contributed by atoms with E-state index in [2.05, 4.69) is 17.3 Å². The molecule has 23 heavy (non-hydrogen) atoms. The van der Waals surface area contributed by atoms with E-state index in [1.165, 1.54) is 0 Å². The third kappa shape index (κ3) is 7.43. The van der Waals surface area contributed by atoms with E-state index >= 15 is 0 Å². The van der Waals surface area contributed by atoms with Gasteiger partial charge in [0.15, 0.2) is 0 Å². The van der Waals surface area contributed by atoms with Gasteiger partial charge in [-0.2, -0.15) is 0 Å². The van der Waals surface area contributed by atoms with Gasteiger partial charge >= 0.3 is 11.9 Å². The number of carbonyl (C=O) groups excluding carboxylic acids is 1. The van der Waals surface area contributed by atoms with Crippen molar-refractivity contribution in [3.8, 4) is 0 Å². The van der Waals surface area contributed by atoms with Gasteiger partial charge in [0.2, 0.25) is 5.91 Å². The molecular formula is C15H26N2O6. The van der Waals surface area contributed by atoms with Crippen molar-refractivity contribution in [2.24, 2.45) is 5.92 Å². The quantitative estimate of drug-likeness (QED) is 0.521. The van der Waals surface area contributed by atoms with Crippen molar-refractivity contribution in [1.82, 2.24) is 10.2 Å². The number of carboxylic acid groups (broad SMARTS) is 2. The molecule has 1 saturated carbocycles. The molecule has 0 aromatic carbocycles. The summed E-state index contributed by atoms with van der Waals surface area (Å²) in [4.78, 5) is 32.6. The lowest BCUT2D eigenvalue weighted by Gasteiger charge is -2.31. The number of carboxylic acids is 2. The van der Waals surface area contributed by atoms with Gasteiger partial charge in [-0.3, -0.25) is 4.79 Å². The zero-order valence-electron chi connectivity index (χ0n) is 13.4. The molecular weight excluding hydrogens is 304 g/mol. The number of rotatable bonds is 2. The van der Waals surface area contributed by atoms with Crippen LogP contribution >= 0.6 is 0 Å². The standard InChI is InChI=1S/C13H24N2O2.C2H2O4/c1-15-8-6-11(7-9-15)14-13(17)10-2-4-12(16)5-3-10;3-1(4)2(5)6/h10-12,16H,2-9H2,1H3,(H,14,17);(H,3,4)(H,5,6). The van der Waals surface area contributed by atoms with Gasteiger partial charge in [0.25, 0.3) is 0 Å². The minimum Gasteiger partial charge on any atom is -0.473 e. The molecule has 2 fully saturated rings. The van der Waals surface area contributed by atoms with Crippen molar-refractivity contribution >= 4 is 17.8 Å². The van der Waals surface area contributed by atoms with Crippen molar-refractivity contribution < 1.29 is 29.7 Å². The first-order chi connectivity index (χ1) is 10.8. The summed E-state index contributed by atoms with van der Waals surface area (Å²) in [6.45, 7) is 2.16. The van der Waals surface area contributed by atoms with E-state index in [1.54, 1.807) is 0 Å². The third-order valence-electron chi connectivity index (χ3n) is 4.32. The number of carbonyl (C=O) groups is 3. The summed E-state index contributed by atoms with van der Waals surface area (Å²) in [7, 11) is 2.13. The second-order valence-electron chi connectivity index (χ2n) is 6.20. The molecule has 0 radical (unpaired) electrons. The lowest BCUT2D eigenvalue weighted by Crippen LogP contribution is -2.46. The van der Waals surface area contributed by atoms with Crippen LogP contribution in [-0.4, -0.2) is 70.3 Å². The summed E-state index contributed by atoms with van der Waals surface area (Å²) in [6.07, 6.45) is 5.22. The maximum atomic E-state index is 12.0. The van der Waals surface area contributed by atoms with Gasteiger partial charge in [-0.05, 0) is 58.7 Å². The smallest absolute Gasteiger partial charge is 0.414 e. The minimum atomic E-state index is -1.82. The summed E-state index contributed by atoms with van der Waals surface area (Å²) in [5.41, 5.74) is 0. The van der Waals surface area contributed by atoms with Crippen LogP contribution in [0.4, 0.5) is 0 Å². The van der Waals surface area contributed by atoms with Crippen molar-refractivity contribution in [3.63, 3.8) is 0 Å². The SMILES string of the molecule is CN1CCC(NC(=O)C2CCC(O)CC2)CC1.O=C(O)C(=O)O. The predicted octanol–water partition coefficient (Wildman–Crippen LogP) is -0.0965. The Bertz CT molecular complexity index is 400. The monoisotopic (exact) mass is 330 g/mol.